The fourth-order valence-electron chi connectivity index (χ4n) is 2.07. The Kier molecular flexibility index (Phi) is 5.57. The summed E-state index contributed by atoms with van der Waals surface area (Å²) in [5.41, 5.74) is 0.879. The van der Waals surface area contributed by atoms with Crippen LogP contribution in [-0.4, -0.2) is 17.8 Å². The lowest BCUT2D eigenvalue weighted by Gasteiger charge is -2.26. The molecule has 0 fully saturated rings. The van der Waals surface area contributed by atoms with E-state index in [1.165, 1.54) is 6.07 Å². The average Bonchev–Trinajstić information content (AvgIpc) is 2.21. The van der Waals surface area contributed by atoms with Crippen LogP contribution in [0, 0.1) is 11.2 Å². The van der Waals surface area contributed by atoms with Gasteiger partial charge in [-0.3, -0.25) is 0 Å². The Morgan fingerprint density at radius 3 is 2.67 bits per heavy atom. The molecule has 0 saturated heterocycles. The van der Waals surface area contributed by atoms with E-state index in [0.29, 0.717) is 6.54 Å². The molecule has 1 atom stereocenters. The third-order valence-corrected chi connectivity index (χ3v) is 3.07. The second-order valence-electron chi connectivity index (χ2n) is 5.57. The van der Waals surface area contributed by atoms with E-state index in [1.807, 2.05) is 0 Å². The molecular weight excluding hydrogens is 253 g/mol. The van der Waals surface area contributed by atoms with Gasteiger partial charge in [0.2, 0.25) is 0 Å². The van der Waals surface area contributed by atoms with E-state index in [2.05, 4.69) is 19.2 Å². The highest BCUT2D eigenvalue weighted by Gasteiger charge is 2.19. The molecule has 0 radical (unpaired) electrons. The predicted octanol–water partition coefficient (Wildman–Crippen LogP) is 3.37. The van der Waals surface area contributed by atoms with Gasteiger partial charge in [0.25, 0.3) is 0 Å². The second-order valence-corrected chi connectivity index (χ2v) is 5.98. The number of hydrogen-bond donors (Lipinski definition) is 2. The predicted molar refractivity (Wildman–Crippen MR) is 73.2 cm³/mol. The summed E-state index contributed by atoms with van der Waals surface area (Å²) < 4.78 is 13.2. The van der Waals surface area contributed by atoms with Crippen LogP contribution < -0.4 is 5.32 Å². The Hall–Kier alpha value is -0.640. The Balaban J connectivity index is 2.43. The van der Waals surface area contributed by atoms with Gasteiger partial charge in [-0.1, -0.05) is 31.5 Å². The average molecular weight is 274 g/mol. The molecular formula is C14H21ClFNO. The lowest BCUT2D eigenvalue weighted by Crippen LogP contribution is -2.31. The molecule has 0 aliphatic heterocycles. The first-order chi connectivity index (χ1) is 8.30. The van der Waals surface area contributed by atoms with Crippen molar-refractivity contribution < 1.29 is 9.50 Å². The molecule has 0 amide bonds. The first-order valence-corrected chi connectivity index (χ1v) is 6.51. The quantitative estimate of drug-likeness (QED) is 0.833. The number of aliphatic hydroxyl groups is 1. The summed E-state index contributed by atoms with van der Waals surface area (Å²) in [7, 11) is 0. The van der Waals surface area contributed by atoms with E-state index in [0.717, 1.165) is 18.5 Å². The van der Waals surface area contributed by atoms with Crippen molar-refractivity contribution in [2.24, 2.45) is 5.41 Å². The smallest absolute Gasteiger partial charge is 0.142 e. The van der Waals surface area contributed by atoms with Crippen LogP contribution in [0.15, 0.2) is 18.2 Å². The molecule has 0 aliphatic carbocycles. The van der Waals surface area contributed by atoms with Crippen LogP contribution in [0.3, 0.4) is 0 Å². The minimum absolute atomic E-state index is 0.0130. The summed E-state index contributed by atoms with van der Waals surface area (Å²) in [6.45, 7) is 7.33. The SMILES string of the molecule is CC(O)CC(C)(C)CNCc1ccc(Cl)c(F)c1. The van der Waals surface area contributed by atoms with Crippen molar-refractivity contribution >= 4 is 11.6 Å². The molecule has 0 saturated carbocycles. The minimum Gasteiger partial charge on any atom is -0.393 e. The van der Waals surface area contributed by atoms with Gasteiger partial charge in [-0.25, -0.2) is 4.39 Å². The molecule has 18 heavy (non-hydrogen) atoms. The summed E-state index contributed by atoms with van der Waals surface area (Å²) in [6.07, 6.45) is 0.421. The molecule has 1 aromatic carbocycles. The van der Waals surface area contributed by atoms with Crippen LogP contribution in [0.1, 0.15) is 32.8 Å². The van der Waals surface area contributed by atoms with Crippen LogP contribution in [0.4, 0.5) is 4.39 Å². The molecule has 1 rings (SSSR count). The van der Waals surface area contributed by atoms with E-state index < -0.39 is 0 Å². The summed E-state index contributed by atoms with van der Waals surface area (Å²) in [5, 5.41) is 12.8. The van der Waals surface area contributed by atoms with Crippen molar-refractivity contribution in [1.82, 2.24) is 5.32 Å². The van der Waals surface area contributed by atoms with E-state index in [-0.39, 0.29) is 22.4 Å². The fraction of sp³-hybridized carbons (Fsp3) is 0.571. The highest BCUT2D eigenvalue weighted by Crippen LogP contribution is 2.21. The van der Waals surface area contributed by atoms with Gasteiger partial charge >= 0.3 is 0 Å². The summed E-state index contributed by atoms with van der Waals surface area (Å²) in [5.74, 6) is -0.390. The van der Waals surface area contributed by atoms with Crippen LogP contribution in [0.2, 0.25) is 5.02 Å². The van der Waals surface area contributed by atoms with Crippen molar-refractivity contribution in [2.75, 3.05) is 6.54 Å². The first kappa shape index (κ1) is 15.4. The van der Waals surface area contributed by atoms with E-state index >= 15 is 0 Å². The monoisotopic (exact) mass is 273 g/mol. The van der Waals surface area contributed by atoms with Gasteiger partial charge in [0.15, 0.2) is 0 Å². The molecule has 1 aromatic rings. The number of benzene rings is 1. The van der Waals surface area contributed by atoms with Gasteiger partial charge in [-0.05, 0) is 36.5 Å². The Morgan fingerprint density at radius 2 is 2.11 bits per heavy atom. The van der Waals surface area contributed by atoms with E-state index in [1.54, 1.807) is 19.1 Å². The standard InChI is InChI=1S/C14H21ClFNO/c1-10(18)7-14(2,3)9-17-8-11-4-5-12(15)13(16)6-11/h4-6,10,17-18H,7-9H2,1-3H3. The largest absolute Gasteiger partial charge is 0.393 e. The second kappa shape index (κ2) is 6.50. The number of hydrogen-bond acceptors (Lipinski definition) is 2. The third kappa shape index (κ3) is 5.34. The molecule has 4 heteroatoms. The van der Waals surface area contributed by atoms with Crippen molar-refractivity contribution in [3.05, 3.63) is 34.6 Å². The van der Waals surface area contributed by atoms with Gasteiger partial charge in [-0.2, -0.15) is 0 Å². The number of aliphatic hydroxyl groups excluding tert-OH is 1. The molecule has 2 N–H and O–H groups in total. The van der Waals surface area contributed by atoms with Crippen LogP contribution >= 0.6 is 11.6 Å². The first-order valence-electron chi connectivity index (χ1n) is 6.13. The maximum absolute atomic E-state index is 13.2. The molecule has 0 heterocycles. The van der Waals surface area contributed by atoms with Gasteiger partial charge in [-0.15, -0.1) is 0 Å². The van der Waals surface area contributed by atoms with Crippen molar-refractivity contribution in [3.8, 4) is 0 Å². The summed E-state index contributed by atoms with van der Waals surface area (Å²) >= 11 is 5.62. The van der Waals surface area contributed by atoms with Gasteiger partial charge in [0, 0.05) is 13.1 Å². The molecule has 102 valence electrons. The number of halogens is 2. The van der Waals surface area contributed by atoms with Crippen molar-refractivity contribution in [2.45, 2.75) is 39.8 Å². The Labute approximate surface area is 113 Å². The highest BCUT2D eigenvalue weighted by atomic mass is 35.5. The maximum Gasteiger partial charge on any atom is 0.142 e. The van der Waals surface area contributed by atoms with Gasteiger partial charge in [0.1, 0.15) is 5.82 Å². The normalized spacial score (nSPS) is 13.7. The molecule has 1 unspecified atom stereocenters. The molecule has 0 aromatic heterocycles. The topological polar surface area (TPSA) is 32.3 Å². The van der Waals surface area contributed by atoms with E-state index in [9.17, 15) is 9.50 Å². The molecule has 0 aliphatic rings. The lowest BCUT2D eigenvalue weighted by atomic mass is 9.87. The third-order valence-electron chi connectivity index (χ3n) is 2.76. The fourth-order valence-corrected chi connectivity index (χ4v) is 2.18. The van der Waals surface area contributed by atoms with Crippen molar-refractivity contribution in [1.29, 1.82) is 0 Å². The minimum atomic E-state index is -0.390. The van der Waals surface area contributed by atoms with Crippen LogP contribution in [-0.2, 0) is 6.54 Å². The lowest BCUT2D eigenvalue weighted by molar-refractivity contribution is 0.128. The number of nitrogens with one attached hydrogen (secondary N) is 1. The Bertz CT molecular complexity index is 393. The van der Waals surface area contributed by atoms with Crippen LogP contribution in [0.25, 0.3) is 0 Å². The van der Waals surface area contributed by atoms with E-state index in [4.69, 9.17) is 11.6 Å². The molecule has 0 spiro atoms. The summed E-state index contributed by atoms with van der Waals surface area (Å²) in [6, 6.07) is 4.81. The molecule has 0 bridgehead atoms. The zero-order chi connectivity index (χ0) is 13.8. The van der Waals surface area contributed by atoms with Crippen LogP contribution in [0.5, 0.6) is 0 Å². The van der Waals surface area contributed by atoms with Crippen molar-refractivity contribution in [3.63, 3.8) is 0 Å². The van der Waals surface area contributed by atoms with Gasteiger partial charge < -0.3 is 10.4 Å². The van der Waals surface area contributed by atoms with Gasteiger partial charge in [0.05, 0.1) is 11.1 Å². The highest BCUT2D eigenvalue weighted by molar-refractivity contribution is 6.30. The zero-order valence-electron chi connectivity index (χ0n) is 11.1. The number of rotatable bonds is 6. The Morgan fingerprint density at radius 1 is 1.44 bits per heavy atom. The maximum atomic E-state index is 13.2. The summed E-state index contributed by atoms with van der Waals surface area (Å²) in [4.78, 5) is 0. The molecule has 2 nitrogen and oxygen atoms in total. The zero-order valence-corrected chi connectivity index (χ0v) is 11.9.